The van der Waals surface area contributed by atoms with Crippen LogP contribution in [-0.4, -0.2) is 0 Å². The highest BCUT2D eigenvalue weighted by Crippen LogP contribution is 2.54. The predicted molar refractivity (Wildman–Crippen MR) is 213 cm³/mol. The van der Waals surface area contributed by atoms with Crippen molar-refractivity contribution in [2.75, 3.05) is 4.90 Å². The minimum absolute atomic E-state index is 0.0722. The maximum absolute atomic E-state index is 6.62. The molecule has 1 heterocycles. The van der Waals surface area contributed by atoms with E-state index in [1.807, 2.05) is 6.07 Å². The van der Waals surface area contributed by atoms with E-state index in [-0.39, 0.29) is 5.41 Å². The molecule has 8 aromatic carbocycles. The molecule has 0 N–H and O–H groups in total. The van der Waals surface area contributed by atoms with Gasteiger partial charge in [-0.15, -0.1) is 0 Å². The summed E-state index contributed by atoms with van der Waals surface area (Å²) in [4.78, 5) is 2.41. The lowest BCUT2D eigenvalue weighted by Gasteiger charge is -2.29. The third kappa shape index (κ3) is 4.57. The van der Waals surface area contributed by atoms with Gasteiger partial charge in [-0.1, -0.05) is 141 Å². The monoisotopic (exact) mass is 653 g/mol. The molecule has 2 heteroatoms. The molecule has 242 valence electrons. The summed E-state index contributed by atoms with van der Waals surface area (Å²) < 4.78 is 6.62. The van der Waals surface area contributed by atoms with Crippen LogP contribution in [-0.2, 0) is 5.41 Å². The molecule has 0 unspecified atom stereocenters. The molecule has 0 saturated heterocycles. The van der Waals surface area contributed by atoms with Crippen LogP contribution >= 0.6 is 0 Å². The Bertz CT molecular complexity index is 2620. The summed E-state index contributed by atoms with van der Waals surface area (Å²) in [7, 11) is 0. The number of anilines is 3. The van der Waals surface area contributed by atoms with E-state index in [0.29, 0.717) is 0 Å². The topological polar surface area (TPSA) is 12.5 Å². The lowest BCUT2D eigenvalue weighted by molar-refractivity contribution is 0.487. The molecule has 0 saturated carbocycles. The molecule has 51 heavy (non-hydrogen) atoms. The second kappa shape index (κ2) is 11.3. The van der Waals surface area contributed by atoms with Gasteiger partial charge in [0.25, 0.3) is 0 Å². The van der Waals surface area contributed by atoms with Gasteiger partial charge in [-0.3, -0.25) is 0 Å². The van der Waals surface area contributed by atoms with Crippen molar-refractivity contribution < 1.29 is 4.74 Å². The maximum atomic E-state index is 6.62. The molecule has 0 radical (unpaired) electrons. The number of rotatable bonds is 5. The molecular weight excluding hydrogens is 619 g/mol. The van der Waals surface area contributed by atoms with Crippen molar-refractivity contribution >= 4 is 27.8 Å². The minimum Gasteiger partial charge on any atom is -0.456 e. The van der Waals surface area contributed by atoms with Gasteiger partial charge in [0.15, 0.2) is 0 Å². The van der Waals surface area contributed by atoms with Gasteiger partial charge in [0.2, 0.25) is 0 Å². The van der Waals surface area contributed by atoms with Crippen LogP contribution in [0.25, 0.3) is 55.3 Å². The lowest BCUT2D eigenvalue weighted by atomic mass is 9.82. The zero-order chi connectivity index (χ0) is 34.1. The first-order valence-corrected chi connectivity index (χ1v) is 17.7. The van der Waals surface area contributed by atoms with Crippen molar-refractivity contribution in [3.63, 3.8) is 0 Å². The van der Waals surface area contributed by atoms with Gasteiger partial charge in [0.1, 0.15) is 11.5 Å². The van der Waals surface area contributed by atoms with Crippen molar-refractivity contribution in [2.24, 2.45) is 0 Å². The molecule has 0 amide bonds. The zero-order valence-corrected chi connectivity index (χ0v) is 28.6. The molecule has 0 fully saturated rings. The molecule has 1 aliphatic carbocycles. The highest BCUT2D eigenvalue weighted by molar-refractivity contribution is 6.10. The molecule has 10 rings (SSSR count). The molecule has 0 spiro atoms. The zero-order valence-electron chi connectivity index (χ0n) is 28.6. The van der Waals surface area contributed by atoms with Crippen LogP contribution in [0.1, 0.15) is 25.0 Å². The van der Waals surface area contributed by atoms with E-state index in [1.54, 1.807) is 0 Å². The smallest absolute Gasteiger partial charge is 0.135 e. The average Bonchev–Trinajstić information content (AvgIpc) is 3.42. The van der Waals surface area contributed by atoms with Gasteiger partial charge in [0.05, 0.1) is 5.69 Å². The van der Waals surface area contributed by atoms with Crippen LogP contribution in [0.5, 0.6) is 11.5 Å². The third-order valence-corrected chi connectivity index (χ3v) is 10.9. The number of hydrogen-bond acceptors (Lipinski definition) is 2. The quantitative estimate of drug-likeness (QED) is 0.183. The number of fused-ring (bicyclic) bond motifs is 5. The lowest BCUT2D eigenvalue weighted by Crippen LogP contribution is -2.16. The Hall–Kier alpha value is -6.38. The Morgan fingerprint density at radius 2 is 1.08 bits per heavy atom. The van der Waals surface area contributed by atoms with E-state index in [0.717, 1.165) is 39.4 Å². The van der Waals surface area contributed by atoms with Crippen molar-refractivity contribution in [1.82, 2.24) is 0 Å². The van der Waals surface area contributed by atoms with Gasteiger partial charge >= 0.3 is 0 Å². The van der Waals surface area contributed by atoms with Crippen LogP contribution in [0.15, 0.2) is 176 Å². The molecule has 2 nitrogen and oxygen atoms in total. The highest BCUT2D eigenvalue weighted by atomic mass is 16.5. The van der Waals surface area contributed by atoms with Crippen LogP contribution in [0, 0.1) is 0 Å². The van der Waals surface area contributed by atoms with Crippen molar-refractivity contribution in [3.05, 3.63) is 187 Å². The van der Waals surface area contributed by atoms with Gasteiger partial charge in [-0.05, 0) is 98.4 Å². The summed E-state index contributed by atoms with van der Waals surface area (Å²) in [6.07, 6.45) is 0. The Morgan fingerprint density at radius 3 is 1.90 bits per heavy atom. The van der Waals surface area contributed by atoms with Gasteiger partial charge in [-0.25, -0.2) is 0 Å². The van der Waals surface area contributed by atoms with Crippen molar-refractivity contribution in [3.8, 4) is 56.0 Å². The molecular formula is C49H35NO. The Balaban J connectivity index is 1.07. The normalized spacial score (nSPS) is 13.2. The fourth-order valence-electron chi connectivity index (χ4n) is 8.41. The van der Waals surface area contributed by atoms with E-state index in [4.69, 9.17) is 4.74 Å². The second-order valence-corrected chi connectivity index (χ2v) is 14.1. The first-order chi connectivity index (χ1) is 25.1. The second-order valence-electron chi connectivity index (χ2n) is 14.1. The summed E-state index contributed by atoms with van der Waals surface area (Å²) >= 11 is 0. The summed E-state index contributed by atoms with van der Waals surface area (Å²) in [5.74, 6) is 1.79. The summed E-state index contributed by atoms with van der Waals surface area (Å²) in [6.45, 7) is 4.68. The third-order valence-electron chi connectivity index (χ3n) is 10.9. The summed E-state index contributed by atoms with van der Waals surface area (Å²) in [5.41, 5.74) is 15.8. The first kappa shape index (κ1) is 29.5. The highest BCUT2D eigenvalue weighted by Gasteiger charge is 2.37. The van der Waals surface area contributed by atoms with Crippen LogP contribution < -0.4 is 9.64 Å². The molecule has 0 atom stereocenters. The fraction of sp³-hybridized carbons (Fsp3) is 0.0612. The maximum Gasteiger partial charge on any atom is 0.135 e. The number of nitrogens with zero attached hydrogens (tertiary/aromatic N) is 1. The Kier molecular flexibility index (Phi) is 6.56. The van der Waals surface area contributed by atoms with E-state index in [2.05, 4.69) is 189 Å². The molecule has 0 bridgehead atoms. The van der Waals surface area contributed by atoms with E-state index in [9.17, 15) is 0 Å². The number of ether oxygens (including phenoxy) is 1. The standard InChI is InChI=1S/C49H35NO/c1-49(2)42-20-10-9-17-41(42)48-43(49)21-12-22-44(48)50(35-15-7-4-8-16-35)36-26-23-33(24-27-36)37-29-30-45-47-39(37)18-11-19-40(47)38-28-25-34(31-46(38)51-45)32-13-5-3-6-14-32/h3-31H,1-2H3. The van der Waals surface area contributed by atoms with Gasteiger partial charge in [0, 0.05) is 33.3 Å². The van der Waals surface area contributed by atoms with E-state index in [1.165, 1.54) is 55.6 Å². The number of para-hydroxylation sites is 1. The Labute approximate surface area is 298 Å². The Morgan fingerprint density at radius 1 is 0.431 bits per heavy atom. The molecule has 0 aromatic heterocycles. The summed E-state index contributed by atoms with van der Waals surface area (Å²) in [5, 5.41) is 2.35. The predicted octanol–water partition coefficient (Wildman–Crippen LogP) is 13.7. The van der Waals surface area contributed by atoms with Crippen molar-refractivity contribution in [1.29, 1.82) is 0 Å². The van der Waals surface area contributed by atoms with Crippen molar-refractivity contribution in [2.45, 2.75) is 19.3 Å². The SMILES string of the molecule is CC1(C)c2ccccc2-c2c(N(c3ccccc3)c3ccc(-c4ccc5c6c(cccc46)-c4ccc(-c6ccccc6)cc4O5)cc3)cccc21. The molecule has 2 aliphatic rings. The number of hydrogen-bond donors (Lipinski definition) is 0. The largest absolute Gasteiger partial charge is 0.456 e. The number of benzene rings is 8. The van der Waals surface area contributed by atoms with E-state index < -0.39 is 0 Å². The minimum atomic E-state index is -0.0722. The van der Waals surface area contributed by atoms with Crippen LogP contribution in [0.4, 0.5) is 17.1 Å². The summed E-state index contributed by atoms with van der Waals surface area (Å²) in [6, 6.07) is 63.5. The van der Waals surface area contributed by atoms with Gasteiger partial charge in [-0.2, -0.15) is 0 Å². The van der Waals surface area contributed by atoms with Gasteiger partial charge < -0.3 is 9.64 Å². The molecule has 8 aromatic rings. The first-order valence-electron chi connectivity index (χ1n) is 17.7. The molecule has 1 aliphatic heterocycles. The fourth-order valence-corrected chi connectivity index (χ4v) is 8.41. The average molecular weight is 654 g/mol. The van der Waals surface area contributed by atoms with E-state index >= 15 is 0 Å². The van der Waals surface area contributed by atoms with Crippen LogP contribution in [0.2, 0.25) is 0 Å². The van der Waals surface area contributed by atoms with Crippen LogP contribution in [0.3, 0.4) is 0 Å².